The van der Waals surface area contributed by atoms with Gasteiger partial charge in [-0.25, -0.2) is 0 Å². The topological polar surface area (TPSA) is 155 Å². The van der Waals surface area contributed by atoms with E-state index >= 15 is 0 Å². The quantitative estimate of drug-likeness (QED) is 0.275. The van der Waals surface area contributed by atoms with Crippen LogP contribution in [0.4, 0.5) is 0 Å². The highest BCUT2D eigenvalue weighted by Crippen LogP contribution is 2.27. The van der Waals surface area contributed by atoms with E-state index in [9.17, 15) is 33.9 Å². The number of aliphatic carboxylic acids is 1. The van der Waals surface area contributed by atoms with E-state index in [1.54, 1.807) is 15.7 Å². The van der Waals surface area contributed by atoms with Crippen molar-refractivity contribution in [2.45, 2.75) is 122 Å². The minimum atomic E-state index is -1.07. The second kappa shape index (κ2) is 16.7. The van der Waals surface area contributed by atoms with Crippen molar-refractivity contribution < 1.29 is 33.9 Å². The predicted molar refractivity (Wildman–Crippen MR) is 177 cm³/mol. The van der Waals surface area contributed by atoms with Crippen molar-refractivity contribution in [3.05, 3.63) is 36.0 Å². The first-order valence-electron chi connectivity index (χ1n) is 17.3. The third-order valence-electron chi connectivity index (χ3n) is 9.89. The van der Waals surface area contributed by atoms with Crippen molar-refractivity contribution >= 4 is 46.2 Å². The van der Waals surface area contributed by atoms with Crippen molar-refractivity contribution in [3.8, 4) is 0 Å². The average molecular weight is 651 g/mol. The van der Waals surface area contributed by atoms with Crippen LogP contribution >= 0.6 is 0 Å². The minimum absolute atomic E-state index is 0.0333. The van der Waals surface area contributed by atoms with Crippen molar-refractivity contribution in [1.82, 2.24) is 20.1 Å². The number of piperidine rings is 1. The number of ketones is 2. The van der Waals surface area contributed by atoms with Crippen molar-refractivity contribution in [1.29, 1.82) is 0 Å². The lowest BCUT2D eigenvalue weighted by Crippen LogP contribution is -2.61. The van der Waals surface area contributed by atoms with Crippen molar-refractivity contribution in [3.63, 3.8) is 0 Å². The Balaban J connectivity index is 1.68. The number of carboxylic acid groups (broad SMARTS) is 1. The van der Waals surface area contributed by atoms with E-state index in [1.807, 2.05) is 45.0 Å². The van der Waals surface area contributed by atoms with Crippen molar-refractivity contribution in [2.75, 3.05) is 6.54 Å². The predicted octanol–water partition coefficient (Wildman–Crippen LogP) is 4.18. The van der Waals surface area contributed by atoms with Crippen LogP contribution in [-0.2, 0) is 41.7 Å². The fourth-order valence-corrected chi connectivity index (χ4v) is 6.90. The molecular weight excluding hydrogens is 600 g/mol. The maximum atomic E-state index is 14.1. The lowest BCUT2D eigenvalue weighted by molar-refractivity contribution is -0.147. The van der Waals surface area contributed by atoms with Gasteiger partial charge in [0.05, 0.1) is 6.04 Å². The van der Waals surface area contributed by atoms with Gasteiger partial charge in [-0.15, -0.1) is 0 Å². The fourth-order valence-electron chi connectivity index (χ4n) is 6.90. The maximum absolute atomic E-state index is 14.1. The molecule has 0 spiro atoms. The molecule has 11 heteroatoms. The van der Waals surface area contributed by atoms with E-state index in [1.165, 1.54) is 0 Å². The maximum Gasteiger partial charge on any atom is 0.323 e. The number of hydrogen-bond donors (Lipinski definition) is 3. The molecule has 2 aliphatic rings. The summed E-state index contributed by atoms with van der Waals surface area (Å²) < 4.78 is 1.61. The van der Waals surface area contributed by atoms with Gasteiger partial charge >= 0.3 is 5.97 Å². The normalized spacial score (nSPS) is 23.3. The van der Waals surface area contributed by atoms with Crippen LogP contribution in [0.5, 0.6) is 0 Å². The number of nitrogens with zero attached hydrogens (tertiary/aromatic N) is 2. The summed E-state index contributed by atoms with van der Waals surface area (Å²) >= 11 is 0. The summed E-state index contributed by atoms with van der Waals surface area (Å²) in [5.74, 6) is -3.03. The molecule has 256 valence electrons. The molecule has 0 saturated carbocycles. The molecule has 1 aromatic heterocycles. The zero-order valence-electron chi connectivity index (χ0n) is 28.0. The Morgan fingerprint density at radius 2 is 1.77 bits per heavy atom. The standard InChI is InChI=1S/C36H50N4O7/c1-4-23(3)33-36(47)40-18-12-11-17-30(40)31(42)20-24(13-7-6-8-14-26(41)5-2)34(45)37-28(35(46)38-33)19-25-21-39(22-32(43)44)29-16-10-9-15-27(25)29/h9-10,15-16,21,23-24,28,30,33H,4-8,11-14,17-20,22H2,1-3H3,(H,37,45)(H,38,46)(H,43,44)/t23?,24-,28+,30-,33+/m1/s1. The third kappa shape index (κ3) is 9.08. The highest BCUT2D eigenvalue weighted by atomic mass is 16.4. The smallest absolute Gasteiger partial charge is 0.323 e. The Bertz CT molecular complexity index is 1470. The van der Waals surface area contributed by atoms with E-state index < -0.39 is 41.8 Å². The Kier molecular flexibility index (Phi) is 12.7. The van der Waals surface area contributed by atoms with Gasteiger partial charge in [-0.05, 0) is 49.7 Å². The van der Waals surface area contributed by atoms with Crippen LogP contribution < -0.4 is 10.6 Å². The first-order valence-corrected chi connectivity index (χ1v) is 17.3. The van der Waals surface area contributed by atoms with E-state index in [-0.39, 0.29) is 42.8 Å². The monoisotopic (exact) mass is 650 g/mol. The van der Waals surface area contributed by atoms with Gasteiger partial charge in [-0.2, -0.15) is 0 Å². The first kappa shape index (κ1) is 35.8. The average Bonchev–Trinajstić information content (AvgIpc) is 3.40. The van der Waals surface area contributed by atoms with Gasteiger partial charge in [-0.1, -0.05) is 58.2 Å². The largest absolute Gasteiger partial charge is 0.480 e. The Morgan fingerprint density at radius 1 is 1.00 bits per heavy atom. The zero-order chi connectivity index (χ0) is 34.1. The molecular formula is C36H50N4O7. The van der Waals surface area contributed by atoms with Crippen LogP contribution in [0.2, 0.25) is 0 Å². The van der Waals surface area contributed by atoms with Crippen LogP contribution in [0.15, 0.2) is 30.5 Å². The second-order valence-corrected chi connectivity index (χ2v) is 13.2. The number of para-hydroxylation sites is 1. The van der Waals surface area contributed by atoms with Gasteiger partial charge in [0.2, 0.25) is 17.7 Å². The molecule has 3 amide bonds. The fraction of sp³-hybridized carbons (Fsp3) is 0.611. The number of nitrogens with one attached hydrogen (secondary N) is 2. The number of fused-ring (bicyclic) bond motifs is 2. The number of Topliss-reactive ketones (excluding diaryl/α,β-unsaturated/α-hetero) is 2. The lowest BCUT2D eigenvalue weighted by Gasteiger charge is -2.39. The lowest BCUT2D eigenvalue weighted by atomic mass is 9.87. The molecule has 11 nitrogen and oxygen atoms in total. The Labute approximate surface area is 276 Å². The molecule has 2 aliphatic heterocycles. The zero-order valence-corrected chi connectivity index (χ0v) is 28.0. The molecule has 5 atom stereocenters. The summed E-state index contributed by atoms with van der Waals surface area (Å²) in [4.78, 5) is 81.0. The molecule has 3 N–H and O–H groups in total. The molecule has 0 bridgehead atoms. The highest BCUT2D eigenvalue weighted by molar-refractivity contribution is 5.98. The molecule has 0 radical (unpaired) electrons. The highest BCUT2D eigenvalue weighted by Gasteiger charge is 2.41. The van der Waals surface area contributed by atoms with Crippen LogP contribution in [0.25, 0.3) is 10.9 Å². The molecule has 1 unspecified atom stereocenters. The summed E-state index contributed by atoms with van der Waals surface area (Å²) in [7, 11) is 0. The van der Waals surface area contributed by atoms with Gasteiger partial charge in [0.1, 0.15) is 24.4 Å². The molecule has 0 aliphatic carbocycles. The number of carboxylic acids is 1. The number of rotatable bonds is 13. The molecule has 4 rings (SSSR count). The molecule has 2 fully saturated rings. The Morgan fingerprint density at radius 3 is 2.49 bits per heavy atom. The van der Waals surface area contributed by atoms with Crippen LogP contribution in [0.3, 0.4) is 0 Å². The second-order valence-electron chi connectivity index (χ2n) is 13.2. The van der Waals surface area contributed by atoms with E-state index in [0.29, 0.717) is 62.6 Å². The van der Waals surface area contributed by atoms with Gasteiger partial charge in [0, 0.05) is 55.2 Å². The van der Waals surface area contributed by atoms with E-state index in [0.717, 1.165) is 24.6 Å². The van der Waals surface area contributed by atoms with E-state index in [4.69, 9.17) is 0 Å². The van der Waals surface area contributed by atoms with Gasteiger partial charge in [0.15, 0.2) is 5.78 Å². The number of aromatic nitrogens is 1. The first-order chi connectivity index (χ1) is 22.5. The van der Waals surface area contributed by atoms with E-state index in [2.05, 4.69) is 10.6 Å². The number of hydrogen-bond acceptors (Lipinski definition) is 6. The summed E-state index contributed by atoms with van der Waals surface area (Å²) in [6.45, 7) is 5.83. The van der Waals surface area contributed by atoms with Crippen LogP contribution in [0.1, 0.15) is 97.0 Å². The van der Waals surface area contributed by atoms with Crippen LogP contribution in [0, 0.1) is 11.8 Å². The van der Waals surface area contributed by atoms with Gasteiger partial charge in [0.25, 0.3) is 0 Å². The number of unbranched alkanes of at least 4 members (excludes halogenated alkanes) is 2. The minimum Gasteiger partial charge on any atom is -0.480 e. The number of carbonyl (C=O) groups is 6. The number of benzene rings is 1. The number of amides is 3. The molecule has 1 aromatic carbocycles. The molecule has 2 saturated heterocycles. The SMILES string of the molecule is CCC(=O)CCCCC[C@@H]1CC(=O)[C@H]2CCCCN2C(=O)[C@H](C(C)CC)NC(=O)[C@H](Cc2cn(CC(=O)O)c3ccccc23)NC1=O. The summed E-state index contributed by atoms with van der Waals surface area (Å²) in [5, 5.41) is 16.2. The number of carbonyl (C=O) groups excluding carboxylic acids is 5. The van der Waals surface area contributed by atoms with Crippen LogP contribution in [-0.4, -0.2) is 74.5 Å². The summed E-state index contributed by atoms with van der Waals surface area (Å²) in [6, 6.07) is 4.74. The molecule has 3 heterocycles. The van der Waals surface area contributed by atoms with Crippen molar-refractivity contribution in [2.24, 2.45) is 11.8 Å². The van der Waals surface area contributed by atoms with Gasteiger partial charge < -0.3 is 25.2 Å². The third-order valence-corrected chi connectivity index (χ3v) is 9.89. The molecule has 2 aromatic rings. The van der Waals surface area contributed by atoms with Gasteiger partial charge in [-0.3, -0.25) is 28.8 Å². The molecule has 47 heavy (non-hydrogen) atoms. The summed E-state index contributed by atoms with van der Waals surface area (Å²) in [5.41, 5.74) is 1.38. The summed E-state index contributed by atoms with van der Waals surface area (Å²) in [6.07, 6.45) is 7.94. The Hall–Kier alpha value is -4.02.